The van der Waals surface area contributed by atoms with Crippen molar-refractivity contribution in [2.75, 3.05) is 85.1 Å². The minimum atomic E-state index is -1.75. The number of pyridine rings is 4. The second-order valence-electron chi connectivity index (χ2n) is 18.6. The Balaban J connectivity index is -0.0000000924. The monoisotopic (exact) mass is 2210 g/mol. The molecule has 0 aliphatic carbocycles. The van der Waals surface area contributed by atoms with Crippen molar-refractivity contribution >= 4 is 73.2 Å². The number of ether oxygens (including phenoxy) is 4. The maximum Gasteiger partial charge on any atom is 3.00 e. The topological polar surface area (TPSA) is 766 Å². The molecule has 46 nitrogen and oxygen atoms in total. The fourth-order valence-corrected chi connectivity index (χ4v) is 5.94. The number of nitrogens with zero attached hydrogens (tertiary/aromatic N) is 16. The number of carboxylic acids is 2. The summed E-state index contributed by atoms with van der Waals surface area (Å²) in [6.07, 6.45) is 18.2. The molecule has 0 atom stereocenters. The fraction of sp³-hybridized carbons (Fsp3) is 0.200. The molecule has 122 heavy (non-hydrogen) atoms. The molecule has 0 bridgehead atoms. The molecule has 0 unspecified atom stereocenters. The van der Waals surface area contributed by atoms with Crippen LogP contribution in [0.5, 0.6) is 46.0 Å². The van der Waals surface area contributed by atoms with Crippen molar-refractivity contribution in [3.05, 3.63) is 246 Å². The molecule has 0 fully saturated rings. The van der Waals surface area contributed by atoms with Gasteiger partial charge in [0, 0.05) is 164 Å². The number of benzene rings is 4. The minimum absolute atomic E-state index is 0. The number of aliphatic hydroxyl groups is 4. The minimum Gasteiger partial charge on any atom is -0.870 e. The smallest absolute Gasteiger partial charge is 0.870 e. The van der Waals surface area contributed by atoms with Crippen LogP contribution in [0.4, 0.5) is 0 Å². The zero-order valence-corrected chi connectivity index (χ0v) is 83.7. The number of hydrogen-bond acceptors (Lipinski definition) is 42. The van der Waals surface area contributed by atoms with Crippen LogP contribution in [0, 0.1) is 107 Å². The number of aliphatic hydroxyl groups excluding tert-OH is 4. The normalized spacial score (nSPS) is 9.26. The molecule has 2 amide bonds. The van der Waals surface area contributed by atoms with Crippen molar-refractivity contribution in [1.82, 2.24) is 29.7 Å². The molecule has 4 aromatic carbocycles. The van der Waals surface area contributed by atoms with E-state index in [-0.39, 0.29) is 211 Å². The second kappa shape index (κ2) is 96.0. The third kappa shape index (κ3) is 76.9. The molecule has 2 radical (unpaired) electrons. The molecule has 0 aliphatic rings. The van der Waals surface area contributed by atoms with Crippen molar-refractivity contribution in [2.45, 2.75) is 13.8 Å². The first-order valence-electron chi connectivity index (χ1n) is 30.5. The van der Waals surface area contributed by atoms with Crippen LogP contribution in [0.2, 0.25) is 0 Å². The predicted octanol–water partition coefficient (Wildman–Crippen LogP) is -4.27. The van der Waals surface area contributed by atoms with Gasteiger partial charge in [0.25, 0.3) is 0 Å². The fourth-order valence-electron chi connectivity index (χ4n) is 5.94. The van der Waals surface area contributed by atoms with E-state index in [0.29, 0.717) is 44.5 Å². The number of aromatic nitrogens is 4. The molecule has 4 aromatic heterocycles. The summed E-state index contributed by atoms with van der Waals surface area (Å²) in [4.78, 5) is 71.3. The number of hydrogen-bond donors (Lipinski definition) is 4. The molecule has 8 aromatic rings. The molecule has 0 spiro atoms. The van der Waals surface area contributed by atoms with E-state index in [1.54, 1.807) is 174 Å². The first-order chi connectivity index (χ1) is 54.3. The standard InChI is InChI=1S/4C14H13N3O3.2C3H7NO.2C2H4O2.4CH4O.2Dy.2NO3.2H2O.4Zn/c4*1-20-12-6-2-4-10(13(12)18)9-16-17-14(19)11-5-3-7-15-8-11;2*1-4(2)3-5;2*1-2(3)4;4*1-2;;;2*2-1(3)4;;;;;;/h4*2-9,18H,1H3,(H,17,19);2*3H,1-2H3;2*1H3,(H,3,4);4*2H,1H3;;;;;2*1H2;;;;/q;;;;;;;;;;;;2*+3;2*-1;;;4*+2/p-12/b4*16-9+;;;;;;;;;;;;;;;;;;. The average molecular weight is 2210 g/mol. The predicted molar refractivity (Wildman–Crippen MR) is 401 cm³/mol. The van der Waals surface area contributed by atoms with E-state index < -0.39 is 45.7 Å². The van der Waals surface area contributed by atoms with Gasteiger partial charge in [-0.25, -0.2) is 0 Å². The maximum atomic E-state index is 11.8. The van der Waals surface area contributed by atoms with E-state index in [9.17, 15) is 50.4 Å². The van der Waals surface area contributed by atoms with Crippen LogP contribution in [0.1, 0.15) is 58.4 Å². The zero-order valence-electron chi connectivity index (χ0n) is 67.7. The molecular weight excluding hydrogens is 2130 g/mol. The zero-order chi connectivity index (χ0) is 88.4. The summed E-state index contributed by atoms with van der Waals surface area (Å²) >= 11 is 0. The summed E-state index contributed by atoms with van der Waals surface area (Å²) in [5.41, 5.74) is 2.52. The molecule has 4 heterocycles. The molecule has 6 N–H and O–H groups in total. The molecule has 650 valence electrons. The third-order valence-electron chi connectivity index (χ3n) is 10.4. The van der Waals surface area contributed by atoms with Crippen LogP contribution in [0.15, 0.2) is 212 Å². The first-order valence-corrected chi connectivity index (χ1v) is 30.5. The summed E-state index contributed by atoms with van der Waals surface area (Å²) in [7, 11) is 16.4. The Morgan fingerprint density at radius 2 is 0.508 bits per heavy atom. The Labute approximate surface area is 811 Å². The van der Waals surface area contributed by atoms with Crippen molar-refractivity contribution < 1.29 is 285 Å². The second-order valence-corrected chi connectivity index (χ2v) is 18.6. The van der Waals surface area contributed by atoms with Gasteiger partial charge in [-0.05, 0) is 84.6 Å². The van der Waals surface area contributed by atoms with Crippen molar-refractivity contribution in [3.63, 3.8) is 0 Å². The van der Waals surface area contributed by atoms with Gasteiger partial charge >= 0.3 is 154 Å². The van der Waals surface area contributed by atoms with Gasteiger partial charge in [0.1, 0.15) is 23.0 Å². The van der Waals surface area contributed by atoms with Crippen LogP contribution in [-0.4, -0.2) is 230 Å². The van der Waals surface area contributed by atoms with Gasteiger partial charge in [0.05, 0.1) is 63.5 Å². The van der Waals surface area contributed by atoms with Gasteiger partial charge < -0.3 is 151 Å². The summed E-state index contributed by atoms with van der Waals surface area (Å²) in [6, 6.07) is 32.0. The van der Waals surface area contributed by atoms with Gasteiger partial charge in [-0.3, -0.25) is 29.5 Å². The summed E-state index contributed by atoms with van der Waals surface area (Å²) in [5.74, 6) is -4.61. The number of aliphatic carboxylic acids is 2. The SMILES string of the molecule is CC(=O)[O-].CC(=O)[O-].CN(C)C=O.CN(C)C=O.CO.CO.CO.CO.COc1cccc(/C=N/N=C(\[O-])c2cccnc2)c1[O-].COc1cccc(/C=N/N=C(\[O-])c2cccnc2)c1[O-].COc1cccc(/C=N/N=C(\[O-])c2cccnc2)c1[O-].COc1cccc(/C=N/N=C(\[O-])c2cccnc2)c1[O-].O=[N+]([O-])[O-].O=[N+]([O-])[O-].[Dy+3].[Dy+3].[OH-].[OH-].[Zn+2].[Zn+2].[Zn+2].[Zn+2]. The average Bonchev–Trinajstić information content (AvgIpc) is 0.874. The number of carbonyl (C=O) groups excluding carboxylic acids is 4. The first kappa shape index (κ1) is 143. The van der Waals surface area contributed by atoms with Crippen LogP contribution in [0.3, 0.4) is 0 Å². The van der Waals surface area contributed by atoms with E-state index in [0.717, 1.165) is 55.1 Å². The summed E-state index contributed by atoms with van der Waals surface area (Å²) in [5, 5.41) is 197. The molecule has 8 rings (SSSR count). The quantitative estimate of drug-likeness (QED) is 0.0158. The number of carboxylic acid groups (broad SMARTS) is 2. The summed E-state index contributed by atoms with van der Waals surface area (Å²) < 4.78 is 19.6. The third-order valence-corrected chi connectivity index (χ3v) is 10.4. The Kier molecular flexibility index (Phi) is 113. The Morgan fingerprint density at radius 1 is 0.361 bits per heavy atom. The van der Waals surface area contributed by atoms with E-state index in [2.05, 4.69) is 60.7 Å². The van der Waals surface area contributed by atoms with Gasteiger partial charge in [0.15, 0.2) is 0 Å². The number of methoxy groups -OCH3 is 4. The number of amides is 2. The Hall–Kier alpha value is -10.5. The van der Waals surface area contributed by atoms with Gasteiger partial charge in [-0.2, -0.15) is 40.8 Å². The molecular formula is C70H82Dy2N16O30Zn4. The molecule has 52 heteroatoms. The van der Waals surface area contributed by atoms with Gasteiger partial charge in [-0.1, -0.05) is 95.8 Å². The van der Waals surface area contributed by atoms with Gasteiger partial charge in [0.2, 0.25) is 12.8 Å². The largest absolute Gasteiger partial charge is 3.00 e. The van der Waals surface area contributed by atoms with E-state index in [1.807, 2.05) is 0 Å². The number of rotatable bonds is 18. The van der Waals surface area contributed by atoms with Crippen LogP contribution < -0.4 is 70.0 Å². The van der Waals surface area contributed by atoms with Crippen molar-refractivity contribution in [2.24, 2.45) is 40.8 Å². The maximum absolute atomic E-state index is 11.8. The van der Waals surface area contributed by atoms with E-state index in [1.165, 1.54) is 87.9 Å². The Morgan fingerprint density at radius 3 is 0.623 bits per heavy atom. The molecule has 0 saturated heterocycles. The summed E-state index contributed by atoms with van der Waals surface area (Å²) in [6.45, 7) is 1.94. The van der Waals surface area contributed by atoms with E-state index >= 15 is 0 Å². The van der Waals surface area contributed by atoms with Crippen molar-refractivity contribution in [1.29, 1.82) is 0 Å². The van der Waals surface area contributed by atoms with Crippen LogP contribution in [-0.2, 0) is 97.1 Å². The van der Waals surface area contributed by atoms with Crippen LogP contribution >= 0.6 is 0 Å². The molecule has 0 aliphatic heterocycles. The Bertz CT molecular complexity index is 3690. The van der Waals surface area contributed by atoms with Crippen molar-refractivity contribution in [3.8, 4) is 46.0 Å². The van der Waals surface area contributed by atoms with Gasteiger partial charge in [-0.15, -0.1) is 0 Å². The molecule has 0 saturated carbocycles. The van der Waals surface area contributed by atoms with E-state index in [4.69, 9.17) is 89.8 Å². The van der Waals surface area contributed by atoms with Crippen LogP contribution in [0.25, 0.3) is 0 Å². The number of para-hydroxylation sites is 4. The number of carbonyl (C=O) groups is 4.